The number of fused-ring (bicyclic) bond motifs is 1. The van der Waals surface area contributed by atoms with Crippen LogP contribution in [0.3, 0.4) is 0 Å². The van der Waals surface area contributed by atoms with E-state index in [1.54, 1.807) is 49.6 Å². The lowest BCUT2D eigenvalue weighted by atomic mass is 10.1. The van der Waals surface area contributed by atoms with E-state index >= 15 is 0 Å². The number of para-hydroxylation sites is 2. The number of carbonyl (C=O) groups is 2. The molecular weight excluding hydrogens is 388 g/mol. The van der Waals surface area contributed by atoms with Crippen molar-refractivity contribution in [3.05, 3.63) is 59.7 Å². The maximum absolute atomic E-state index is 12.1. The lowest BCUT2D eigenvalue weighted by Gasteiger charge is -2.26. The SMILES string of the molecule is COc1ccc(/C=C(\C#N)C(=O)OCC(=O)NC[C@@H]2COc3ccccc3O2)cc1. The Kier molecular flexibility index (Phi) is 6.90. The number of esters is 1. The summed E-state index contributed by atoms with van der Waals surface area (Å²) in [4.78, 5) is 24.1. The molecule has 1 aliphatic heterocycles. The summed E-state index contributed by atoms with van der Waals surface area (Å²) in [5.41, 5.74) is 0.414. The highest BCUT2D eigenvalue weighted by Crippen LogP contribution is 2.30. The quantitative estimate of drug-likeness (QED) is 0.425. The molecule has 0 saturated heterocycles. The number of nitrogens with one attached hydrogen (secondary N) is 1. The van der Waals surface area contributed by atoms with Crippen LogP contribution in [-0.4, -0.2) is 44.8 Å². The third-order valence-corrected chi connectivity index (χ3v) is 4.20. The zero-order chi connectivity index (χ0) is 21.3. The second-order valence-corrected chi connectivity index (χ2v) is 6.32. The van der Waals surface area contributed by atoms with E-state index in [4.69, 9.17) is 18.9 Å². The average molecular weight is 408 g/mol. The monoisotopic (exact) mass is 408 g/mol. The molecule has 8 heteroatoms. The minimum Gasteiger partial charge on any atom is -0.497 e. The molecule has 1 N–H and O–H groups in total. The van der Waals surface area contributed by atoms with Gasteiger partial charge in [0.1, 0.15) is 30.1 Å². The number of ether oxygens (including phenoxy) is 4. The Morgan fingerprint density at radius 3 is 2.63 bits per heavy atom. The Bertz CT molecular complexity index is 978. The first-order valence-corrected chi connectivity index (χ1v) is 9.17. The van der Waals surface area contributed by atoms with E-state index in [2.05, 4.69) is 5.32 Å². The van der Waals surface area contributed by atoms with Crippen LogP contribution in [0.4, 0.5) is 0 Å². The molecule has 0 saturated carbocycles. The number of nitrogens with zero attached hydrogens (tertiary/aromatic N) is 1. The summed E-state index contributed by atoms with van der Waals surface area (Å²) in [6, 6.07) is 15.8. The highest BCUT2D eigenvalue weighted by atomic mass is 16.6. The van der Waals surface area contributed by atoms with Gasteiger partial charge in [0.15, 0.2) is 18.1 Å². The Morgan fingerprint density at radius 1 is 1.20 bits per heavy atom. The fourth-order valence-corrected chi connectivity index (χ4v) is 2.65. The lowest BCUT2D eigenvalue weighted by Crippen LogP contribution is -2.42. The molecule has 1 amide bonds. The molecule has 3 rings (SSSR count). The van der Waals surface area contributed by atoms with Crippen LogP contribution in [0.2, 0.25) is 0 Å². The molecule has 0 aliphatic carbocycles. The van der Waals surface area contributed by atoms with E-state index in [9.17, 15) is 14.9 Å². The van der Waals surface area contributed by atoms with Gasteiger partial charge in [0.25, 0.3) is 5.91 Å². The summed E-state index contributed by atoms with van der Waals surface area (Å²) in [5.74, 6) is 0.529. The summed E-state index contributed by atoms with van der Waals surface area (Å²) in [6.45, 7) is -0.0254. The van der Waals surface area contributed by atoms with Crippen LogP contribution in [0.1, 0.15) is 5.56 Å². The van der Waals surface area contributed by atoms with Crippen molar-refractivity contribution in [3.8, 4) is 23.3 Å². The zero-order valence-electron chi connectivity index (χ0n) is 16.3. The Morgan fingerprint density at radius 2 is 1.93 bits per heavy atom. The van der Waals surface area contributed by atoms with Crippen molar-refractivity contribution in [3.63, 3.8) is 0 Å². The summed E-state index contributed by atoms with van der Waals surface area (Å²) in [5, 5.41) is 11.8. The van der Waals surface area contributed by atoms with Crippen LogP contribution in [0.5, 0.6) is 17.2 Å². The van der Waals surface area contributed by atoms with E-state index < -0.39 is 18.5 Å². The molecule has 0 spiro atoms. The van der Waals surface area contributed by atoms with Crippen LogP contribution in [0.15, 0.2) is 54.1 Å². The number of methoxy groups -OCH3 is 1. The lowest BCUT2D eigenvalue weighted by molar-refractivity contribution is -0.144. The molecule has 0 bridgehead atoms. The molecule has 2 aromatic carbocycles. The van der Waals surface area contributed by atoms with Gasteiger partial charge in [-0.2, -0.15) is 5.26 Å². The number of benzene rings is 2. The Balaban J connectivity index is 1.46. The first-order valence-electron chi connectivity index (χ1n) is 9.17. The fourth-order valence-electron chi connectivity index (χ4n) is 2.65. The highest BCUT2D eigenvalue weighted by molar-refractivity contribution is 5.98. The number of rotatable bonds is 7. The molecule has 0 unspecified atom stereocenters. The molecule has 30 heavy (non-hydrogen) atoms. The number of amides is 1. The zero-order valence-corrected chi connectivity index (χ0v) is 16.3. The molecular formula is C22H20N2O6. The molecule has 0 aromatic heterocycles. The largest absolute Gasteiger partial charge is 0.497 e. The van der Waals surface area contributed by atoms with Crippen LogP contribution in [0.25, 0.3) is 6.08 Å². The highest BCUT2D eigenvalue weighted by Gasteiger charge is 2.21. The van der Waals surface area contributed by atoms with Gasteiger partial charge in [0.05, 0.1) is 13.7 Å². The van der Waals surface area contributed by atoms with Crippen molar-refractivity contribution in [2.24, 2.45) is 0 Å². The van der Waals surface area contributed by atoms with Gasteiger partial charge in [-0.3, -0.25) is 4.79 Å². The fraction of sp³-hybridized carbons (Fsp3) is 0.227. The summed E-state index contributed by atoms with van der Waals surface area (Å²) >= 11 is 0. The molecule has 154 valence electrons. The van der Waals surface area contributed by atoms with Gasteiger partial charge >= 0.3 is 5.97 Å². The average Bonchev–Trinajstić information content (AvgIpc) is 2.79. The van der Waals surface area contributed by atoms with Gasteiger partial charge in [-0.15, -0.1) is 0 Å². The minimum absolute atomic E-state index is 0.192. The number of carbonyl (C=O) groups excluding carboxylic acids is 2. The van der Waals surface area contributed by atoms with Crippen molar-refractivity contribution in [1.82, 2.24) is 5.32 Å². The third-order valence-electron chi connectivity index (χ3n) is 4.20. The van der Waals surface area contributed by atoms with E-state index in [1.165, 1.54) is 6.08 Å². The molecule has 1 heterocycles. The first kappa shape index (κ1) is 20.7. The second-order valence-electron chi connectivity index (χ2n) is 6.32. The van der Waals surface area contributed by atoms with Crippen LogP contribution in [0, 0.1) is 11.3 Å². The van der Waals surface area contributed by atoms with Crippen molar-refractivity contribution >= 4 is 18.0 Å². The van der Waals surface area contributed by atoms with Gasteiger partial charge in [-0.25, -0.2) is 4.79 Å². The smallest absolute Gasteiger partial charge is 0.349 e. The first-order chi connectivity index (χ1) is 14.6. The van der Waals surface area contributed by atoms with Crippen molar-refractivity contribution in [2.75, 3.05) is 26.9 Å². The van der Waals surface area contributed by atoms with Crippen molar-refractivity contribution in [1.29, 1.82) is 5.26 Å². The van der Waals surface area contributed by atoms with Crippen LogP contribution < -0.4 is 19.5 Å². The predicted octanol–water partition coefficient (Wildman–Crippen LogP) is 2.10. The molecule has 0 radical (unpaired) electrons. The molecule has 1 atom stereocenters. The van der Waals surface area contributed by atoms with Crippen LogP contribution in [-0.2, 0) is 14.3 Å². The van der Waals surface area contributed by atoms with Crippen LogP contribution >= 0.6 is 0 Å². The van der Waals surface area contributed by atoms with E-state index in [0.717, 1.165) is 0 Å². The number of hydrogen-bond donors (Lipinski definition) is 1. The van der Waals surface area contributed by atoms with Gasteiger partial charge in [0.2, 0.25) is 0 Å². The standard InChI is InChI=1S/C22H20N2O6/c1-27-17-8-6-15(7-9-17)10-16(11-23)22(26)29-14-21(25)24-12-18-13-28-19-4-2-3-5-20(19)30-18/h2-10,18H,12-14H2,1H3,(H,24,25)/b16-10+/t18-/m1/s1. The third kappa shape index (κ3) is 5.52. The molecule has 2 aromatic rings. The van der Waals surface area contributed by atoms with Gasteiger partial charge in [0, 0.05) is 0 Å². The maximum Gasteiger partial charge on any atom is 0.349 e. The predicted molar refractivity (Wildman–Crippen MR) is 107 cm³/mol. The van der Waals surface area contributed by atoms with E-state index in [-0.39, 0.29) is 18.2 Å². The summed E-state index contributed by atoms with van der Waals surface area (Å²) < 4.78 is 21.3. The molecule has 8 nitrogen and oxygen atoms in total. The molecule has 1 aliphatic rings. The second kappa shape index (κ2) is 9.98. The normalized spacial score (nSPS) is 14.9. The Labute approximate surface area is 173 Å². The Hall–Kier alpha value is -3.99. The summed E-state index contributed by atoms with van der Waals surface area (Å²) in [6.07, 6.45) is 1.02. The van der Waals surface area contributed by atoms with Crippen molar-refractivity contribution < 1.29 is 28.5 Å². The minimum atomic E-state index is -0.880. The molecule has 0 fully saturated rings. The maximum atomic E-state index is 12.1. The number of nitriles is 1. The van der Waals surface area contributed by atoms with E-state index in [1.807, 2.05) is 12.1 Å². The summed E-state index contributed by atoms with van der Waals surface area (Å²) in [7, 11) is 1.54. The van der Waals surface area contributed by atoms with Gasteiger partial charge in [-0.1, -0.05) is 24.3 Å². The number of hydrogen-bond acceptors (Lipinski definition) is 7. The van der Waals surface area contributed by atoms with Gasteiger partial charge < -0.3 is 24.3 Å². The van der Waals surface area contributed by atoms with E-state index in [0.29, 0.717) is 29.4 Å². The topological polar surface area (TPSA) is 107 Å². The van der Waals surface area contributed by atoms with Gasteiger partial charge in [-0.05, 0) is 35.9 Å². The van der Waals surface area contributed by atoms with Crippen molar-refractivity contribution in [2.45, 2.75) is 6.10 Å².